The Morgan fingerprint density at radius 2 is 2.00 bits per heavy atom. The molecular formula is C24H24FN3O. The van der Waals surface area contributed by atoms with Crippen LogP contribution in [0.2, 0.25) is 0 Å². The third-order valence-electron chi connectivity index (χ3n) is 6.49. The first-order valence-corrected chi connectivity index (χ1v) is 10.4. The maximum atomic E-state index is 13.2. The number of halogens is 1. The van der Waals surface area contributed by atoms with E-state index in [-0.39, 0.29) is 11.4 Å². The number of hydrogen-bond donors (Lipinski definition) is 1. The first-order chi connectivity index (χ1) is 14.0. The summed E-state index contributed by atoms with van der Waals surface area (Å²) in [6, 6.07) is 5.13. The normalized spacial score (nSPS) is 20.0. The fourth-order valence-electron chi connectivity index (χ4n) is 4.89. The molecule has 1 fully saturated rings. The maximum Gasteiger partial charge on any atom is 0.251 e. The SMILES string of the molecule is CCC1=C(C2=C(C)CC3(CC3)NC2=O)CCc2cnc(-c3ccc(F)nc3)cc21. The molecule has 2 aromatic rings. The Balaban J connectivity index is 1.61. The first-order valence-electron chi connectivity index (χ1n) is 10.4. The van der Waals surface area contributed by atoms with E-state index >= 15 is 0 Å². The van der Waals surface area contributed by atoms with Crippen LogP contribution < -0.4 is 5.32 Å². The fourth-order valence-corrected chi connectivity index (χ4v) is 4.89. The highest BCUT2D eigenvalue weighted by Crippen LogP contribution is 2.47. The lowest BCUT2D eigenvalue weighted by Crippen LogP contribution is -2.42. The number of carbonyl (C=O) groups is 1. The van der Waals surface area contributed by atoms with Crippen molar-refractivity contribution in [2.24, 2.45) is 0 Å². The molecule has 1 spiro atoms. The van der Waals surface area contributed by atoms with Gasteiger partial charge in [-0.05, 0) is 85.9 Å². The Bertz CT molecular complexity index is 1080. The molecule has 29 heavy (non-hydrogen) atoms. The molecular weight excluding hydrogens is 365 g/mol. The summed E-state index contributed by atoms with van der Waals surface area (Å²) in [6.45, 7) is 4.26. The molecule has 4 nitrogen and oxygen atoms in total. The number of nitrogens with one attached hydrogen (secondary N) is 1. The number of hydrogen-bond acceptors (Lipinski definition) is 3. The molecule has 0 aromatic carbocycles. The largest absolute Gasteiger partial charge is 0.346 e. The lowest BCUT2D eigenvalue weighted by molar-refractivity contribution is -0.118. The second-order valence-electron chi connectivity index (χ2n) is 8.47. The number of fused-ring (bicyclic) bond motifs is 1. The molecule has 148 valence electrons. The molecule has 0 unspecified atom stereocenters. The predicted molar refractivity (Wildman–Crippen MR) is 110 cm³/mol. The van der Waals surface area contributed by atoms with Crippen molar-refractivity contribution in [2.75, 3.05) is 0 Å². The minimum Gasteiger partial charge on any atom is -0.346 e. The average molecular weight is 389 g/mol. The van der Waals surface area contributed by atoms with Crippen molar-refractivity contribution in [2.45, 2.75) is 57.9 Å². The zero-order valence-corrected chi connectivity index (χ0v) is 16.8. The molecule has 0 atom stereocenters. The summed E-state index contributed by atoms with van der Waals surface area (Å²) in [5, 5.41) is 3.27. The van der Waals surface area contributed by atoms with Crippen molar-refractivity contribution < 1.29 is 9.18 Å². The van der Waals surface area contributed by atoms with Gasteiger partial charge in [-0.25, -0.2) is 4.98 Å². The van der Waals surface area contributed by atoms with Gasteiger partial charge in [0.25, 0.3) is 5.91 Å². The summed E-state index contributed by atoms with van der Waals surface area (Å²) in [4.78, 5) is 21.3. The Morgan fingerprint density at radius 3 is 2.66 bits per heavy atom. The summed E-state index contributed by atoms with van der Waals surface area (Å²) in [5.41, 5.74) is 8.48. The van der Waals surface area contributed by atoms with Crippen LogP contribution in [0.5, 0.6) is 0 Å². The number of allylic oxidation sites excluding steroid dienone is 1. The molecule has 0 bridgehead atoms. The van der Waals surface area contributed by atoms with E-state index in [4.69, 9.17) is 0 Å². The summed E-state index contributed by atoms with van der Waals surface area (Å²) < 4.78 is 13.2. The minimum atomic E-state index is -0.498. The highest BCUT2D eigenvalue weighted by Gasteiger charge is 2.48. The van der Waals surface area contributed by atoms with Crippen LogP contribution in [0, 0.1) is 5.95 Å². The highest BCUT2D eigenvalue weighted by atomic mass is 19.1. The summed E-state index contributed by atoms with van der Waals surface area (Å²) in [7, 11) is 0. The topological polar surface area (TPSA) is 54.9 Å². The number of carbonyl (C=O) groups excluding carboxylic acids is 1. The van der Waals surface area contributed by atoms with E-state index in [9.17, 15) is 9.18 Å². The van der Waals surface area contributed by atoms with Gasteiger partial charge < -0.3 is 5.32 Å². The molecule has 2 aromatic heterocycles. The molecule has 1 N–H and O–H groups in total. The van der Waals surface area contributed by atoms with Gasteiger partial charge in [-0.2, -0.15) is 4.39 Å². The number of nitrogens with zero attached hydrogens (tertiary/aromatic N) is 2. The van der Waals surface area contributed by atoms with Crippen LogP contribution in [0.1, 0.15) is 57.1 Å². The molecule has 3 heterocycles. The van der Waals surface area contributed by atoms with Crippen molar-refractivity contribution in [3.8, 4) is 11.3 Å². The van der Waals surface area contributed by atoms with Crippen LogP contribution in [0.4, 0.5) is 4.39 Å². The van der Waals surface area contributed by atoms with Gasteiger partial charge in [0, 0.05) is 29.1 Å². The van der Waals surface area contributed by atoms with Crippen molar-refractivity contribution in [3.63, 3.8) is 0 Å². The quantitative estimate of drug-likeness (QED) is 0.770. The number of pyridine rings is 2. The molecule has 2 aliphatic carbocycles. The van der Waals surface area contributed by atoms with Gasteiger partial charge in [-0.3, -0.25) is 9.78 Å². The Labute approximate surface area is 170 Å². The molecule has 1 amide bonds. The standard InChI is InChI=1S/C24H24FN3O/c1-3-17-18(22-14(2)11-24(8-9-24)28-23(22)29)6-4-15-12-26-20(10-19(15)17)16-5-7-21(25)27-13-16/h5,7,10,12-13H,3-4,6,8-9,11H2,1-2H3,(H,28,29). The molecule has 0 radical (unpaired) electrons. The molecule has 0 saturated heterocycles. The smallest absolute Gasteiger partial charge is 0.251 e. The van der Waals surface area contributed by atoms with Gasteiger partial charge in [0.2, 0.25) is 5.95 Å². The van der Waals surface area contributed by atoms with Crippen LogP contribution >= 0.6 is 0 Å². The summed E-state index contributed by atoms with van der Waals surface area (Å²) in [5.74, 6) is -0.407. The van der Waals surface area contributed by atoms with Crippen molar-refractivity contribution in [3.05, 3.63) is 64.4 Å². The lowest BCUT2D eigenvalue weighted by Gasteiger charge is -2.31. The van der Waals surface area contributed by atoms with Crippen LogP contribution in [0.25, 0.3) is 16.8 Å². The zero-order valence-electron chi connectivity index (χ0n) is 16.8. The Morgan fingerprint density at radius 1 is 1.17 bits per heavy atom. The van der Waals surface area contributed by atoms with Crippen molar-refractivity contribution in [1.29, 1.82) is 0 Å². The van der Waals surface area contributed by atoms with Gasteiger partial charge in [0.1, 0.15) is 0 Å². The second kappa shape index (κ2) is 6.61. The van der Waals surface area contributed by atoms with E-state index < -0.39 is 5.95 Å². The average Bonchev–Trinajstić information content (AvgIpc) is 3.45. The molecule has 5 rings (SSSR count). The zero-order chi connectivity index (χ0) is 20.2. The Hall–Kier alpha value is -2.82. The maximum absolute atomic E-state index is 13.2. The predicted octanol–water partition coefficient (Wildman–Crippen LogP) is 4.76. The van der Waals surface area contributed by atoms with E-state index in [2.05, 4.69) is 35.2 Å². The van der Waals surface area contributed by atoms with Gasteiger partial charge in [0.15, 0.2) is 0 Å². The lowest BCUT2D eigenvalue weighted by atomic mass is 9.78. The fraction of sp³-hybridized carbons (Fsp3) is 0.375. The second-order valence-corrected chi connectivity index (χ2v) is 8.47. The third-order valence-corrected chi connectivity index (χ3v) is 6.49. The minimum absolute atomic E-state index is 0.0385. The van der Waals surface area contributed by atoms with Gasteiger partial charge in [0.05, 0.1) is 5.69 Å². The van der Waals surface area contributed by atoms with E-state index in [0.717, 1.165) is 60.9 Å². The van der Waals surface area contributed by atoms with Gasteiger partial charge in [-0.1, -0.05) is 12.5 Å². The molecule has 3 aliphatic rings. The first kappa shape index (κ1) is 18.2. The van der Waals surface area contributed by atoms with Gasteiger partial charge >= 0.3 is 0 Å². The number of rotatable bonds is 3. The van der Waals surface area contributed by atoms with Crippen LogP contribution in [0.3, 0.4) is 0 Å². The highest BCUT2D eigenvalue weighted by molar-refractivity contribution is 6.03. The van der Waals surface area contributed by atoms with Crippen LogP contribution in [-0.2, 0) is 11.2 Å². The molecule has 5 heteroatoms. The van der Waals surface area contributed by atoms with Crippen molar-refractivity contribution in [1.82, 2.24) is 15.3 Å². The van der Waals surface area contributed by atoms with Crippen LogP contribution in [0.15, 0.2) is 47.3 Å². The van der Waals surface area contributed by atoms with E-state index in [1.54, 1.807) is 6.07 Å². The summed E-state index contributed by atoms with van der Waals surface area (Å²) in [6.07, 6.45) is 9.16. The third kappa shape index (κ3) is 3.09. The monoisotopic (exact) mass is 389 g/mol. The number of aryl methyl sites for hydroxylation is 1. The summed E-state index contributed by atoms with van der Waals surface area (Å²) >= 11 is 0. The molecule has 1 saturated carbocycles. The molecule has 1 aliphatic heterocycles. The van der Waals surface area contributed by atoms with Crippen LogP contribution in [-0.4, -0.2) is 21.4 Å². The van der Waals surface area contributed by atoms with E-state index in [1.165, 1.54) is 34.5 Å². The number of aromatic nitrogens is 2. The Kier molecular flexibility index (Phi) is 4.16. The van der Waals surface area contributed by atoms with E-state index in [0.29, 0.717) is 0 Å². The van der Waals surface area contributed by atoms with E-state index in [1.807, 2.05) is 6.20 Å². The van der Waals surface area contributed by atoms with Gasteiger partial charge in [-0.15, -0.1) is 0 Å². The number of amides is 1. The van der Waals surface area contributed by atoms with Crippen molar-refractivity contribution >= 4 is 11.5 Å².